The summed E-state index contributed by atoms with van der Waals surface area (Å²) in [6.45, 7) is 0. The highest BCUT2D eigenvalue weighted by atomic mass is 16.3. The highest BCUT2D eigenvalue weighted by molar-refractivity contribution is 6.26. The Morgan fingerprint density at radius 2 is 1.11 bits per heavy atom. The van der Waals surface area contributed by atoms with Gasteiger partial charge in [-0.05, 0) is 83.4 Å². The number of para-hydroxylation sites is 3. The fourth-order valence-electron chi connectivity index (χ4n) is 9.19. The van der Waals surface area contributed by atoms with Crippen molar-refractivity contribution in [3.8, 4) is 11.4 Å². The summed E-state index contributed by atoms with van der Waals surface area (Å²) in [6.07, 6.45) is 2.18. The molecule has 2 atom stereocenters. The van der Waals surface area contributed by atoms with Gasteiger partial charge in [-0.1, -0.05) is 127 Å². The molecule has 1 aliphatic rings. The first-order valence-electron chi connectivity index (χ1n) is 19.6. The molecule has 0 amide bonds. The quantitative estimate of drug-likeness (QED) is 0.185. The van der Waals surface area contributed by atoms with Gasteiger partial charge in [0.05, 0.1) is 33.5 Å². The summed E-state index contributed by atoms with van der Waals surface area (Å²) in [5.74, 6) is 0. The van der Waals surface area contributed by atoms with Gasteiger partial charge in [-0.3, -0.25) is 5.32 Å². The average molecular weight is 733 g/mol. The van der Waals surface area contributed by atoms with E-state index in [4.69, 9.17) is 4.42 Å². The second-order valence-corrected chi connectivity index (χ2v) is 15.0. The Balaban J connectivity index is 1.08. The summed E-state index contributed by atoms with van der Waals surface area (Å²) in [5.41, 5.74) is 13.3. The minimum atomic E-state index is -0.123. The molecule has 270 valence electrons. The van der Waals surface area contributed by atoms with E-state index >= 15 is 0 Å². The molecule has 8 aromatic carbocycles. The molecule has 4 heterocycles. The fraction of sp³-hybridized carbons (Fsp3) is 0.0385. The zero-order valence-corrected chi connectivity index (χ0v) is 30.9. The lowest BCUT2D eigenvalue weighted by Gasteiger charge is -2.33. The summed E-state index contributed by atoms with van der Waals surface area (Å²) >= 11 is 0. The maximum atomic E-state index is 6.71. The number of aromatic nitrogens is 2. The van der Waals surface area contributed by atoms with E-state index in [0.717, 1.165) is 66.5 Å². The number of nitrogens with one attached hydrogen (secondary N) is 2. The van der Waals surface area contributed by atoms with Crippen LogP contribution in [0.3, 0.4) is 0 Å². The molecule has 2 unspecified atom stereocenters. The van der Waals surface area contributed by atoms with Gasteiger partial charge in [0.15, 0.2) is 0 Å². The van der Waals surface area contributed by atoms with Crippen molar-refractivity contribution in [2.75, 3.05) is 0 Å². The normalized spacial score (nSPS) is 15.9. The predicted octanol–water partition coefficient (Wildman–Crippen LogP) is 12.8. The molecule has 5 heteroatoms. The molecule has 0 spiro atoms. The molecule has 5 nitrogen and oxygen atoms in total. The van der Waals surface area contributed by atoms with E-state index in [1.807, 2.05) is 6.07 Å². The summed E-state index contributed by atoms with van der Waals surface area (Å²) in [7, 11) is 0. The van der Waals surface area contributed by atoms with Gasteiger partial charge < -0.3 is 18.9 Å². The van der Waals surface area contributed by atoms with Crippen molar-refractivity contribution < 1.29 is 4.42 Å². The first-order chi connectivity index (χ1) is 28.3. The van der Waals surface area contributed by atoms with Crippen molar-refractivity contribution in [1.82, 2.24) is 19.8 Å². The van der Waals surface area contributed by atoms with Crippen LogP contribution in [0.1, 0.15) is 28.9 Å². The molecule has 0 bridgehead atoms. The van der Waals surface area contributed by atoms with Crippen molar-refractivity contribution in [2.45, 2.75) is 12.2 Å². The lowest BCUT2D eigenvalue weighted by Crippen LogP contribution is -2.39. The van der Waals surface area contributed by atoms with Gasteiger partial charge in [0, 0.05) is 44.0 Å². The Kier molecular flexibility index (Phi) is 7.06. The number of nitrogens with zero attached hydrogens (tertiary/aromatic N) is 2. The van der Waals surface area contributed by atoms with Crippen LogP contribution in [0.4, 0.5) is 0 Å². The van der Waals surface area contributed by atoms with Crippen molar-refractivity contribution in [3.63, 3.8) is 0 Å². The maximum absolute atomic E-state index is 6.71. The van der Waals surface area contributed by atoms with E-state index in [1.54, 1.807) is 0 Å². The first-order valence-corrected chi connectivity index (χ1v) is 19.6. The van der Waals surface area contributed by atoms with Gasteiger partial charge in [-0.25, -0.2) is 0 Å². The summed E-state index contributed by atoms with van der Waals surface area (Å²) in [6, 6.07) is 67.4. The Morgan fingerprint density at radius 1 is 0.439 bits per heavy atom. The molecule has 0 saturated heterocycles. The highest BCUT2D eigenvalue weighted by Gasteiger charge is 2.26. The molecule has 2 N–H and O–H groups in total. The van der Waals surface area contributed by atoms with Crippen LogP contribution in [0.2, 0.25) is 0 Å². The Labute approximate surface area is 328 Å². The second-order valence-electron chi connectivity index (χ2n) is 15.0. The number of fused-ring (bicyclic) bond motifs is 10. The summed E-state index contributed by atoms with van der Waals surface area (Å²) in [5, 5.41) is 14.8. The molecular weight excluding hydrogens is 697 g/mol. The summed E-state index contributed by atoms with van der Waals surface area (Å²) in [4.78, 5) is 0. The molecule has 0 radical (unpaired) electrons. The standard InChI is InChI=1S/C52H36N4O/c1-4-15-33(16-5-1)43-31-44(34-17-6-2-7-18-34)54-52(53-43)35-19-14-22-37(29-35)56-45-25-12-10-23-38(45)41-30-42-48(32-47(41)56)55(36-20-8-3-9-21-36)46-28-27-40-39-24-11-13-26-49(39)57-51(40)50(42)46/h1-32,43,52-54H. The predicted molar refractivity (Wildman–Crippen MR) is 235 cm³/mol. The van der Waals surface area contributed by atoms with Crippen LogP contribution in [0.25, 0.3) is 82.6 Å². The Bertz CT molecular complexity index is 3360. The Morgan fingerprint density at radius 3 is 1.95 bits per heavy atom. The van der Waals surface area contributed by atoms with Gasteiger partial charge in [0.2, 0.25) is 0 Å². The minimum Gasteiger partial charge on any atom is -0.455 e. The van der Waals surface area contributed by atoms with Crippen molar-refractivity contribution in [1.29, 1.82) is 0 Å². The maximum Gasteiger partial charge on any atom is 0.145 e. The van der Waals surface area contributed by atoms with Gasteiger partial charge >= 0.3 is 0 Å². The minimum absolute atomic E-state index is 0.0379. The van der Waals surface area contributed by atoms with E-state index in [1.165, 1.54) is 32.8 Å². The summed E-state index contributed by atoms with van der Waals surface area (Å²) < 4.78 is 11.5. The topological polar surface area (TPSA) is 47.1 Å². The molecule has 3 aromatic heterocycles. The van der Waals surface area contributed by atoms with Crippen LogP contribution in [0, 0.1) is 0 Å². The zero-order chi connectivity index (χ0) is 37.5. The number of rotatable bonds is 5. The van der Waals surface area contributed by atoms with E-state index in [2.05, 4.69) is 208 Å². The van der Waals surface area contributed by atoms with Crippen molar-refractivity contribution in [3.05, 3.63) is 211 Å². The fourth-order valence-corrected chi connectivity index (χ4v) is 9.19. The zero-order valence-electron chi connectivity index (χ0n) is 30.9. The van der Waals surface area contributed by atoms with Gasteiger partial charge in [0.1, 0.15) is 17.3 Å². The third-order valence-electron chi connectivity index (χ3n) is 11.8. The van der Waals surface area contributed by atoms with Crippen LogP contribution in [0.15, 0.2) is 199 Å². The van der Waals surface area contributed by atoms with Crippen LogP contribution < -0.4 is 10.6 Å². The SMILES string of the molecule is C1=C(c2ccccc2)NC(c2cccc(-n3c4ccccc4c4cc5c6c7oc8ccccc8c7ccc6n(-c6ccccc6)c5cc43)c2)NC1c1ccccc1. The highest BCUT2D eigenvalue weighted by Crippen LogP contribution is 2.44. The van der Waals surface area contributed by atoms with Crippen LogP contribution in [0.5, 0.6) is 0 Å². The monoisotopic (exact) mass is 732 g/mol. The number of hydrogen-bond acceptors (Lipinski definition) is 3. The molecule has 1 aliphatic heterocycles. The smallest absolute Gasteiger partial charge is 0.145 e. The van der Waals surface area contributed by atoms with Gasteiger partial charge in [-0.15, -0.1) is 0 Å². The van der Waals surface area contributed by atoms with Gasteiger partial charge in [0.25, 0.3) is 0 Å². The number of hydrogen-bond donors (Lipinski definition) is 2. The van der Waals surface area contributed by atoms with E-state index < -0.39 is 0 Å². The van der Waals surface area contributed by atoms with Crippen LogP contribution >= 0.6 is 0 Å². The molecule has 0 aliphatic carbocycles. The van der Waals surface area contributed by atoms with Crippen LogP contribution in [-0.4, -0.2) is 9.13 Å². The largest absolute Gasteiger partial charge is 0.455 e. The molecule has 0 fully saturated rings. The average Bonchev–Trinajstić information content (AvgIpc) is 3.93. The lowest BCUT2D eigenvalue weighted by molar-refractivity contribution is 0.442. The molecular formula is C52H36N4O. The van der Waals surface area contributed by atoms with Crippen molar-refractivity contribution in [2.24, 2.45) is 0 Å². The second kappa shape index (κ2) is 12.6. The lowest BCUT2D eigenvalue weighted by atomic mass is 9.98. The molecule has 0 saturated carbocycles. The van der Waals surface area contributed by atoms with E-state index in [9.17, 15) is 0 Å². The third-order valence-corrected chi connectivity index (χ3v) is 11.8. The molecule has 11 aromatic rings. The Hall–Kier alpha value is -7.34. The van der Waals surface area contributed by atoms with Gasteiger partial charge in [-0.2, -0.15) is 0 Å². The van der Waals surface area contributed by atoms with Crippen molar-refractivity contribution >= 4 is 71.2 Å². The van der Waals surface area contributed by atoms with E-state index in [0.29, 0.717) is 0 Å². The first kappa shape index (κ1) is 32.0. The van der Waals surface area contributed by atoms with Crippen LogP contribution in [-0.2, 0) is 0 Å². The van der Waals surface area contributed by atoms with E-state index in [-0.39, 0.29) is 12.2 Å². The number of furan rings is 1. The molecule has 12 rings (SSSR count). The number of benzene rings is 8. The third kappa shape index (κ3) is 4.99. The molecule has 57 heavy (non-hydrogen) atoms.